The molecule has 0 bridgehead atoms. The van der Waals surface area contributed by atoms with Crippen LogP contribution in [0.25, 0.3) is 0 Å². The lowest BCUT2D eigenvalue weighted by Crippen LogP contribution is -2.00. The van der Waals surface area contributed by atoms with Crippen LogP contribution < -0.4 is 0 Å². The number of aliphatic hydroxyl groups is 1. The van der Waals surface area contributed by atoms with Crippen molar-refractivity contribution >= 4 is 11.6 Å². The smallest absolute Gasteiger partial charge is 0.112 e. The van der Waals surface area contributed by atoms with Crippen molar-refractivity contribution in [1.29, 1.82) is 0 Å². The second-order valence-corrected chi connectivity index (χ2v) is 4.06. The molecule has 0 atom stereocenters. The summed E-state index contributed by atoms with van der Waals surface area (Å²) in [5, 5.41) is 9.75. The number of benzene rings is 1. The highest BCUT2D eigenvalue weighted by Crippen LogP contribution is 2.23. The molecule has 1 N–H and O–H groups in total. The van der Waals surface area contributed by atoms with Gasteiger partial charge in [0.05, 0.1) is 6.61 Å². The van der Waals surface area contributed by atoms with Gasteiger partial charge in [-0.05, 0) is 11.1 Å². The Morgan fingerprint density at radius 3 is 2.75 bits per heavy atom. The van der Waals surface area contributed by atoms with Gasteiger partial charge in [-0.25, -0.2) is 4.98 Å². The molecule has 0 radical (unpaired) electrons. The third kappa shape index (κ3) is 2.10. The van der Waals surface area contributed by atoms with Gasteiger partial charge in [-0.2, -0.15) is 0 Å². The maximum atomic E-state index is 9.12. The minimum Gasteiger partial charge on any atom is -0.392 e. The largest absolute Gasteiger partial charge is 0.392 e. The van der Waals surface area contributed by atoms with E-state index in [0.717, 1.165) is 17.0 Å². The molecule has 0 saturated heterocycles. The van der Waals surface area contributed by atoms with Crippen molar-refractivity contribution in [3.05, 3.63) is 52.6 Å². The highest BCUT2D eigenvalue weighted by atomic mass is 35.5. The quantitative estimate of drug-likeness (QED) is 0.887. The second kappa shape index (κ2) is 4.68. The lowest BCUT2D eigenvalue weighted by Gasteiger charge is -2.07. The van der Waals surface area contributed by atoms with E-state index >= 15 is 0 Å². The number of hydrogen-bond donors (Lipinski definition) is 1. The zero-order valence-electron chi connectivity index (χ0n) is 9.02. The van der Waals surface area contributed by atoms with Gasteiger partial charge in [0.1, 0.15) is 5.82 Å². The summed E-state index contributed by atoms with van der Waals surface area (Å²) < 4.78 is 1.96. The summed E-state index contributed by atoms with van der Waals surface area (Å²) in [6, 6.07) is 5.68. The Hall–Kier alpha value is -1.32. The summed E-state index contributed by atoms with van der Waals surface area (Å²) in [7, 11) is 1.95. The lowest BCUT2D eigenvalue weighted by molar-refractivity contribution is 0.282. The van der Waals surface area contributed by atoms with Crippen LogP contribution in [0.1, 0.15) is 17.0 Å². The molecule has 84 valence electrons. The van der Waals surface area contributed by atoms with Gasteiger partial charge in [-0.15, -0.1) is 0 Å². The normalized spacial score (nSPS) is 10.7. The Morgan fingerprint density at radius 1 is 1.38 bits per heavy atom. The van der Waals surface area contributed by atoms with Crippen LogP contribution in [0.5, 0.6) is 0 Å². The van der Waals surface area contributed by atoms with Gasteiger partial charge in [0, 0.05) is 30.9 Å². The van der Waals surface area contributed by atoms with Crippen LogP contribution >= 0.6 is 11.6 Å². The number of nitrogens with zero attached hydrogens (tertiary/aromatic N) is 2. The number of aromatic nitrogens is 2. The molecule has 0 amide bonds. The first-order chi connectivity index (χ1) is 7.72. The van der Waals surface area contributed by atoms with Crippen LogP contribution in [0.4, 0.5) is 0 Å². The zero-order chi connectivity index (χ0) is 11.5. The summed E-state index contributed by atoms with van der Waals surface area (Å²) in [6.07, 6.45) is 4.34. The Kier molecular flexibility index (Phi) is 3.27. The summed E-state index contributed by atoms with van der Waals surface area (Å²) in [5.41, 5.74) is 1.75. The molecule has 0 saturated carbocycles. The Bertz CT molecular complexity index is 494. The summed E-state index contributed by atoms with van der Waals surface area (Å²) >= 11 is 6.18. The van der Waals surface area contributed by atoms with Gasteiger partial charge in [0.2, 0.25) is 0 Å². The van der Waals surface area contributed by atoms with Gasteiger partial charge in [-0.3, -0.25) is 0 Å². The Labute approximate surface area is 99.3 Å². The third-order valence-electron chi connectivity index (χ3n) is 2.60. The van der Waals surface area contributed by atoms with Gasteiger partial charge in [-0.1, -0.05) is 29.8 Å². The minimum atomic E-state index is -0.0345. The maximum absolute atomic E-state index is 9.12. The van der Waals surface area contributed by atoms with E-state index in [9.17, 15) is 0 Å². The van der Waals surface area contributed by atoms with Crippen molar-refractivity contribution in [3.8, 4) is 0 Å². The van der Waals surface area contributed by atoms with Crippen LogP contribution in [0.2, 0.25) is 5.02 Å². The lowest BCUT2D eigenvalue weighted by atomic mass is 10.1. The number of aliphatic hydroxyl groups excluding tert-OH is 1. The predicted molar refractivity (Wildman–Crippen MR) is 63.4 cm³/mol. The first kappa shape index (κ1) is 11.2. The molecule has 0 spiro atoms. The number of rotatable bonds is 3. The van der Waals surface area contributed by atoms with E-state index in [1.807, 2.05) is 36.0 Å². The number of halogens is 1. The number of imidazole rings is 1. The van der Waals surface area contributed by atoms with E-state index in [0.29, 0.717) is 11.4 Å². The van der Waals surface area contributed by atoms with E-state index in [1.165, 1.54) is 0 Å². The minimum absolute atomic E-state index is 0.0345. The first-order valence-electron chi connectivity index (χ1n) is 5.05. The van der Waals surface area contributed by atoms with E-state index in [-0.39, 0.29) is 6.61 Å². The van der Waals surface area contributed by atoms with Gasteiger partial charge >= 0.3 is 0 Å². The molecular weight excluding hydrogens is 224 g/mol. The second-order valence-electron chi connectivity index (χ2n) is 3.68. The molecule has 0 aliphatic rings. The van der Waals surface area contributed by atoms with Crippen molar-refractivity contribution in [2.45, 2.75) is 13.0 Å². The van der Waals surface area contributed by atoms with E-state index in [2.05, 4.69) is 4.98 Å². The molecule has 0 fully saturated rings. The molecule has 0 aliphatic carbocycles. The molecule has 4 heteroatoms. The topological polar surface area (TPSA) is 38.0 Å². The summed E-state index contributed by atoms with van der Waals surface area (Å²) in [4.78, 5) is 4.25. The van der Waals surface area contributed by atoms with E-state index in [4.69, 9.17) is 16.7 Å². The molecule has 1 aromatic heterocycles. The van der Waals surface area contributed by atoms with Crippen LogP contribution in [0.15, 0.2) is 30.6 Å². The zero-order valence-corrected chi connectivity index (χ0v) is 9.78. The molecule has 2 rings (SSSR count). The fourth-order valence-corrected chi connectivity index (χ4v) is 1.88. The van der Waals surface area contributed by atoms with Gasteiger partial charge in [0.25, 0.3) is 0 Å². The number of hydrogen-bond acceptors (Lipinski definition) is 2. The highest BCUT2D eigenvalue weighted by Gasteiger charge is 2.08. The molecule has 16 heavy (non-hydrogen) atoms. The maximum Gasteiger partial charge on any atom is 0.112 e. The molecule has 3 nitrogen and oxygen atoms in total. The van der Waals surface area contributed by atoms with Crippen LogP contribution in [-0.2, 0) is 20.1 Å². The predicted octanol–water partition coefficient (Wildman–Crippen LogP) is 2.16. The van der Waals surface area contributed by atoms with Crippen LogP contribution in [-0.4, -0.2) is 14.7 Å². The van der Waals surface area contributed by atoms with E-state index in [1.54, 1.807) is 6.20 Å². The van der Waals surface area contributed by atoms with Crippen molar-refractivity contribution < 1.29 is 5.11 Å². The van der Waals surface area contributed by atoms with Crippen molar-refractivity contribution in [2.75, 3.05) is 0 Å². The SMILES string of the molecule is Cn1ccnc1Cc1cccc(CO)c1Cl. The van der Waals surface area contributed by atoms with Crippen molar-refractivity contribution in [1.82, 2.24) is 9.55 Å². The Balaban J connectivity index is 2.32. The molecule has 0 unspecified atom stereocenters. The standard InChI is InChI=1S/C12H13ClN2O/c1-15-6-5-14-11(15)7-9-3-2-4-10(8-16)12(9)13/h2-6,16H,7-8H2,1H3. The molecule has 1 heterocycles. The molecule has 2 aromatic rings. The molecule has 0 aliphatic heterocycles. The van der Waals surface area contributed by atoms with E-state index < -0.39 is 0 Å². The molecular formula is C12H13ClN2O. The highest BCUT2D eigenvalue weighted by molar-refractivity contribution is 6.32. The van der Waals surface area contributed by atoms with Crippen molar-refractivity contribution in [3.63, 3.8) is 0 Å². The van der Waals surface area contributed by atoms with Gasteiger partial charge in [0.15, 0.2) is 0 Å². The fraction of sp³-hybridized carbons (Fsp3) is 0.250. The third-order valence-corrected chi connectivity index (χ3v) is 3.08. The fourth-order valence-electron chi connectivity index (χ4n) is 1.63. The monoisotopic (exact) mass is 236 g/mol. The van der Waals surface area contributed by atoms with Crippen LogP contribution in [0.3, 0.4) is 0 Å². The number of aryl methyl sites for hydroxylation is 1. The van der Waals surface area contributed by atoms with Gasteiger partial charge < -0.3 is 9.67 Å². The summed E-state index contributed by atoms with van der Waals surface area (Å²) in [5.74, 6) is 0.956. The Morgan fingerprint density at radius 2 is 2.12 bits per heavy atom. The molecule has 1 aromatic carbocycles. The average Bonchev–Trinajstić information content (AvgIpc) is 2.68. The first-order valence-corrected chi connectivity index (χ1v) is 5.43. The summed E-state index contributed by atoms with van der Waals surface area (Å²) in [6.45, 7) is -0.0345. The van der Waals surface area contributed by atoms with Crippen LogP contribution in [0, 0.1) is 0 Å². The average molecular weight is 237 g/mol. The van der Waals surface area contributed by atoms with Crippen molar-refractivity contribution in [2.24, 2.45) is 7.05 Å².